The zero-order valence-corrected chi connectivity index (χ0v) is 18.1. The molecule has 1 aliphatic carbocycles. The number of carbonyl (C=O) groups excluding carboxylic acids is 3. The second-order valence-corrected chi connectivity index (χ2v) is 8.73. The Morgan fingerprint density at radius 1 is 1.00 bits per heavy atom. The summed E-state index contributed by atoms with van der Waals surface area (Å²) >= 11 is 0. The lowest BCUT2D eigenvalue weighted by Gasteiger charge is -2.29. The topological polar surface area (TPSA) is 69.7 Å². The van der Waals surface area contributed by atoms with Gasteiger partial charge >= 0.3 is 0 Å². The number of hydrogen-bond donors (Lipinski definition) is 1. The summed E-state index contributed by atoms with van der Waals surface area (Å²) in [6.45, 7) is 0.646. The van der Waals surface area contributed by atoms with Crippen LogP contribution in [-0.4, -0.2) is 54.2 Å². The third kappa shape index (κ3) is 4.39. The summed E-state index contributed by atoms with van der Waals surface area (Å²) in [5.41, 5.74) is 2.15. The first-order valence-electron chi connectivity index (χ1n) is 11.0. The van der Waals surface area contributed by atoms with Crippen LogP contribution >= 0.6 is 0 Å². The van der Waals surface area contributed by atoms with Gasteiger partial charge < -0.3 is 10.2 Å². The van der Waals surface area contributed by atoms with Crippen molar-refractivity contribution < 1.29 is 14.4 Å². The van der Waals surface area contributed by atoms with E-state index in [1.54, 1.807) is 18.2 Å². The Morgan fingerprint density at radius 2 is 1.68 bits per heavy atom. The molecule has 6 heteroatoms. The van der Waals surface area contributed by atoms with Gasteiger partial charge in [0.2, 0.25) is 0 Å². The second-order valence-electron chi connectivity index (χ2n) is 8.73. The van der Waals surface area contributed by atoms with Crippen molar-refractivity contribution in [3.05, 3.63) is 70.8 Å². The van der Waals surface area contributed by atoms with E-state index >= 15 is 0 Å². The summed E-state index contributed by atoms with van der Waals surface area (Å²) in [4.78, 5) is 42.4. The molecular weight excluding hydrogens is 390 g/mol. The van der Waals surface area contributed by atoms with E-state index in [1.165, 1.54) is 4.90 Å². The molecule has 2 aliphatic rings. The highest BCUT2D eigenvalue weighted by Crippen LogP contribution is 2.31. The molecule has 0 spiro atoms. The third-order valence-electron chi connectivity index (χ3n) is 6.18. The molecule has 162 valence electrons. The quantitative estimate of drug-likeness (QED) is 0.726. The van der Waals surface area contributed by atoms with Gasteiger partial charge in [0.05, 0.1) is 17.2 Å². The van der Waals surface area contributed by atoms with E-state index < -0.39 is 0 Å². The van der Waals surface area contributed by atoms with Crippen LogP contribution in [0, 0.1) is 0 Å². The number of fused-ring (bicyclic) bond motifs is 1. The summed E-state index contributed by atoms with van der Waals surface area (Å²) < 4.78 is 0. The van der Waals surface area contributed by atoms with Gasteiger partial charge in [-0.05, 0) is 50.7 Å². The largest absolute Gasteiger partial charge is 0.344 e. The van der Waals surface area contributed by atoms with Crippen LogP contribution in [0.2, 0.25) is 0 Å². The lowest BCUT2D eigenvalue weighted by Crippen LogP contribution is -2.40. The van der Waals surface area contributed by atoms with Gasteiger partial charge in [-0.25, -0.2) is 0 Å². The molecule has 4 rings (SSSR count). The number of carbonyl (C=O) groups is 3. The van der Waals surface area contributed by atoms with Gasteiger partial charge in [0.25, 0.3) is 17.7 Å². The molecule has 0 unspecified atom stereocenters. The summed E-state index contributed by atoms with van der Waals surface area (Å²) in [7, 11) is 3.92. The molecule has 1 heterocycles. The van der Waals surface area contributed by atoms with Gasteiger partial charge in [0.15, 0.2) is 0 Å². The number of imide groups is 1. The standard InChI is InChI=1S/C25H29N3O3/c1-27(2)16-22(17-9-5-3-6-10-17)26-23(29)18-13-14-20-21(15-18)25(31)28(24(20)30)19-11-7-4-8-12-19/h3,5-6,9-10,13-15,19,22H,4,7-8,11-12,16H2,1-2H3,(H,26,29)/t22-/m0/s1. The van der Waals surface area contributed by atoms with Crippen LogP contribution in [0.4, 0.5) is 0 Å². The van der Waals surface area contributed by atoms with Crippen molar-refractivity contribution in [2.24, 2.45) is 0 Å². The van der Waals surface area contributed by atoms with Crippen LogP contribution < -0.4 is 5.32 Å². The molecule has 0 aromatic heterocycles. The minimum Gasteiger partial charge on any atom is -0.344 e. The number of hydrogen-bond acceptors (Lipinski definition) is 4. The number of nitrogens with zero attached hydrogens (tertiary/aromatic N) is 2. The molecule has 2 aromatic rings. The van der Waals surface area contributed by atoms with Crippen molar-refractivity contribution in [3.8, 4) is 0 Å². The maximum atomic E-state index is 13.0. The molecule has 1 saturated carbocycles. The highest BCUT2D eigenvalue weighted by molar-refractivity contribution is 6.22. The second kappa shape index (κ2) is 9.02. The Balaban J connectivity index is 1.55. The van der Waals surface area contributed by atoms with Crippen molar-refractivity contribution in [3.63, 3.8) is 0 Å². The predicted octanol–water partition coefficient (Wildman–Crippen LogP) is 3.65. The van der Waals surface area contributed by atoms with Crippen LogP contribution in [0.25, 0.3) is 0 Å². The van der Waals surface area contributed by atoms with Crippen molar-refractivity contribution in [1.29, 1.82) is 0 Å². The molecular formula is C25H29N3O3. The molecule has 2 aromatic carbocycles. The first-order valence-corrected chi connectivity index (χ1v) is 11.0. The fourth-order valence-corrected chi connectivity index (χ4v) is 4.60. The summed E-state index contributed by atoms with van der Waals surface area (Å²) in [5, 5.41) is 3.08. The third-order valence-corrected chi connectivity index (χ3v) is 6.18. The lowest BCUT2D eigenvalue weighted by molar-refractivity contribution is 0.0548. The van der Waals surface area contributed by atoms with E-state index in [4.69, 9.17) is 0 Å². The van der Waals surface area contributed by atoms with Crippen LogP contribution in [-0.2, 0) is 0 Å². The Labute approximate surface area is 183 Å². The zero-order chi connectivity index (χ0) is 22.0. The predicted molar refractivity (Wildman–Crippen MR) is 119 cm³/mol. The summed E-state index contributed by atoms with van der Waals surface area (Å²) in [6, 6.07) is 14.4. The van der Waals surface area contributed by atoms with Gasteiger partial charge in [-0.15, -0.1) is 0 Å². The lowest BCUT2D eigenvalue weighted by atomic mass is 9.94. The Hall–Kier alpha value is -2.99. The number of amides is 3. The minimum atomic E-state index is -0.269. The van der Waals surface area contributed by atoms with E-state index in [9.17, 15) is 14.4 Å². The van der Waals surface area contributed by atoms with Crippen molar-refractivity contribution in [1.82, 2.24) is 15.1 Å². The van der Waals surface area contributed by atoms with Crippen LogP contribution in [0.3, 0.4) is 0 Å². The van der Waals surface area contributed by atoms with E-state index in [0.29, 0.717) is 23.2 Å². The molecule has 1 N–H and O–H groups in total. The van der Waals surface area contributed by atoms with Gasteiger partial charge in [-0.1, -0.05) is 49.6 Å². The number of likely N-dealkylation sites (N-methyl/N-ethyl adjacent to an activating group) is 1. The highest BCUT2D eigenvalue weighted by atomic mass is 16.2. The molecule has 6 nitrogen and oxygen atoms in total. The highest BCUT2D eigenvalue weighted by Gasteiger charge is 2.40. The van der Waals surface area contributed by atoms with E-state index in [-0.39, 0.29) is 29.8 Å². The Morgan fingerprint density at radius 3 is 2.35 bits per heavy atom. The van der Waals surface area contributed by atoms with Crippen molar-refractivity contribution in [2.45, 2.75) is 44.2 Å². The zero-order valence-electron chi connectivity index (χ0n) is 18.1. The van der Waals surface area contributed by atoms with Crippen molar-refractivity contribution >= 4 is 17.7 Å². The van der Waals surface area contributed by atoms with Gasteiger partial charge in [0, 0.05) is 18.2 Å². The van der Waals surface area contributed by atoms with Gasteiger partial charge in [-0.2, -0.15) is 0 Å². The molecule has 31 heavy (non-hydrogen) atoms. The molecule has 1 aliphatic heterocycles. The van der Waals surface area contributed by atoms with Crippen LogP contribution in [0.5, 0.6) is 0 Å². The van der Waals surface area contributed by atoms with Gasteiger partial charge in [-0.3, -0.25) is 19.3 Å². The molecule has 3 amide bonds. The summed E-state index contributed by atoms with van der Waals surface area (Å²) in [5.74, 6) is -0.752. The number of nitrogens with one attached hydrogen (secondary N) is 1. The van der Waals surface area contributed by atoms with E-state index in [1.807, 2.05) is 49.3 Å². The first-order chi connectivity index (χ1) is 15.0. The first kappa shape index (κ1) is 21.2. The number of rotatable bonds is 6. The fourth-order valence-electron chi connectivity index (χ4n) is 4.60. The molecule has 1 fully saturated rings. The molecule has 1 atom stereocenters. The monoisotopic (exact) mass is 419 g/mol. The van der Waals surface area contributed by atoms with Crippen LogP contribution in [0.1, 0.15) is 74.8 Å². The number of benzene rings is 2. The Bertz CT molecular complexity index is 981. The fraction of sp³-hybridized carbons (Fsp3) is 0.400. The van der Waals surface area contributed by atoms with Crippen LogP contribution in [0.15, 0.2) is 48.5 Å². The smallest absolute Gasteiger partial charge is 0.261 e. The SMILES string of the molecule is CN(C)C[C@H](NC(=O)c1ccc2c(c1)C(=O)N(C1CCCCC1)C2=O)c1ccccc1. The molecule has 0 radical (unpaired) electrons. The Kier molecular flexibility index (Phi) is 6.18. The molecule has 0 bridgehead atoms. The van der Waals surface area contributed by atoms with E-state index in [0.717, 1.165) is 37.7 Å². The van der Waals surface area contributed by atoms with E-state index in [2.05, 4.69) is 5.32 Å². The average molecular weight is 420 g/mol. The summed E-state index contributed by atoms with van der Waals surface area (Å²) in [6.07, 6.45) is 4.96. The maximum absolute atomic E-state index is 13.0. The molecule has 0 saturated heterocycles. The minimum absolute atomic E-state index is 0.0269. The van der Waals surface area contributed by atoms with Gasteiger partial charge in [0.1, 0.15) is 0 Å². The average Bonchev–Trinajstić information content (AvgIpc) is 3.03. The normalized spacial score (nSPS) is 17.7. The van der Waals surface area contributed by atoms with Crippen molar-refractivity contribution in [2.75, 3.05) is 20.6 Å². The maximum Gasteiger partial charge on any atom is 0.261 e.